The highest BCUT2D eigenvalue weighted by Gasteiger charge is 2.47. The van der Waals surface area contributed by atoms with Crippen molar-refractivity contribution < 1.29 is 27.5 Å². The van der Waals surface area contributed by atoms with Gasteiger partial charge in [-0.1, -0.05) is 11.8 Å². The molecular weight excluding hydrogens is 471 g/mol. The summed E-state index contributed by atoms with van der Waals surface area (Å²) in [5, 5.41) is 9.32. The van der Waals surface area contributed by atoms with E-state index in [4.69, 9.17) is 0 Å². The van der Waals surface area contributed by atoms with Crippen molar-refractivity contribution in [2.75, 3.05) is 18.0 Å². The van der Waals surface area contributed by atoms with Crippen LogP contribution in [-0.4, -0.2) is 47.7 Å². The molecule has 3 aliphatic heterocycles. The third-order valence-corrected chi connectivity index (χ3v) is 7.34. The van der Waals surface area contributed by atoms with Crippen LogP contribution in [0.2, 0.25) is 0 Å². The van der Waals surface area contributed by atoms with Gasteiger partial charge in [0, 0.05) is 24.3 Å². The predicted octanol–water partition coefficient (Wildman–Crippen LogP) is 3.53. The van der Waals surface area contributed by atoms with Crippen LogP contribution < -0.4 is 25.6 Å². The molecule has 1 aromatic carbocycles. The maximum atomic E-state index is 13.2. The molecule has 180 valence electrons. The van der Waals surface area contributed by atoms with E-state index in [2.05, 4.69) is 25.7 Å². The van der Waals surface area contributed by atoms with Crippen LogP contribution in [0.3, 0.4) is 0 Å². The Hall–Kier alpha value is -2.99. The average molecular weight is 494 g/mol. The number of carbonyl (C=O) groups is 2. The average Bonchev–Trinajstić information content (AvgIpc) is 3.14. The quantitative estimate of drug-likeness (QED) is 0.603. The van der Waals surface area contributed by atoms with Gasteiger partial charge in [0.15, 0.2) is 0 Å². The van der Waals surface area contributed by atoms with Crippen molar-refractivity contribution in [3.63, 3.8) is 0 Å². The van der Waals surface area contributed by atoms with Crippen LogP contribution in [0, 0.1) is 6.92 Å². The number of anilines is 2. The minimum atomic E-state index is -4.81. The van der Waals surface area contributed by atoms with Gasteiger partial charge in [0.25, 0.3) is 0 Å². The number of ether oxygens (including phenoxy) is 1. The number of hydrogen-bond acceptors (Lipinski definition) is 6. The number of benzene rings is 1. The molecule has 0 radical (unpaired) electrons. The summed E-state index contributed by atoms with van der Waals surface area (Å²) in [5.74, 6) is -0.528. The fourth-order valence-electron chi connectivity index (χ4n) is 4.60. The number of aromatic nitrogens is 1. The van der Waals surface area contributed by atoms with Crippen molar-refractivity contribution in [1.29, 1.82) is 0 Å². The first-order chi connectivity index (χ1) is 16.2. The van der Waals surface area contributed by atoms with Crippen molar-refractivity contribution >= 4 is 35.1 Å². The third-order valence-electron chi connectivity index (χ3n) is 6.05. The first-order valence-corrected chi connectivity index (χ1v) is 11.7. The zero-order valence-electron chi connectivity index (χ0n) is 18.1. The van der Waals surface area contributed by atoms with Crippen molar-refractivity contribution in [2.45, 2.75) is 48.5 Å². The van der Waals surface area contributed by atoms with Crippen LogP contribution >= 0.6 is 11.8 Å². The topological polar surface area (TPSA) is 95.6 Å². The van der Waals surface area contributed by atoms with Crippen molar-refractivity contribution in [2.24, 2.45) is 0 Å². The first-order valence-electron chi connectivity index (χ1n) is 10.8. The number of thioether (sulfide) groups is 1. The minimum absolute atomic E-state index is 0.0360. The molecule has 1 saturated heterocycles. The fraction of sp³-hybridized carbons (Fsp3) is 0.409. The minimum Gasteiger partial charge on any atom is -0.406 e. The molecule has 12 heteroatoms. The third kappa shape index (κ3) is 4.27. The van der Waals surface area contributed by atoms with E-state index in [0.717, 1.165) is 24.9 Å². The van der Waals surface area contributed by atoms with Crippen LogP contribution in [-0.2, 0) is 4.79 Å². The molecule has 3 amide bonds. The molecule has 3 aliphatic rings. The molecule has 4 heterocycles. The van der Waals surface area contributed by atoms with Gasteiger partial charge in [-0.25, -0.2) is 9.78 Å². The van der Waals surface area contributed by atoms with Gasteiger partial charge in [-0.05, 0) is 56.1 Å². The Labute approximate surface area is 197 Å². The Kier molecular flexibility index (Phi) is 5.80. The van der Waals surface area contributed by atoms with Crippen LogP contribution in [0.15, 0.2) is 35.5 Å². The lowest BCUT2D eigenvalue weighted by atomic mass is 9.99. The molecular formula is C22H22F3N5O3S. The number of piperidine rings is 1. The Morgan fingerprint density at radius 1 is 1.29 bits per heavy atom. The van der Waals surface area contributed by atoms with E-state index >= 15 is 0 Å². The van der Waals surface area contributed by atoms with E-state index in [1.54, 1.807) is 19.2 Å². The molecule has 0 bridgehead atoms. The largest absolute Gasteiger partial charge is 0.573 e. The van der Waals surface area contributed by atoms with Gasteiger partial charge in [0.2, 0.25) is 5.91 Å². The Morgan fingerprint density at radius 2 is 2.12 bits per heavy atom. The van der Waals surface area contributed by atoms with Crippen LogP contribution in [0.1, 0.15) is 30.0 Å². The lowest BCUT2D eigenvalue weighted by Crippen LogP contribution is -2.52. The van der Waals surface area contributed by atoms with Gasteiger partial charge < -0.3 is 20.7 Å². The van der Waals surface area contributed by atoms with Gasteiger partial charge in [0.05, 0.1) is 17.4 Å². The first kappa shape index (κ1) is 22.8. The molecule has 34 heavy (non-hydrogen) atoms. The lowest BCUT2D eigenvalue weighted by molar-refractivity contribution is -0.274. The molecule has 3 N–H and O–H groups in total. The number of pyridine rings is 1. The van der Waals surface area contributed by atoms with E-state index in [1.807, 2.05) is 0 Å². The molecule has 2 unspecified atom stereocenters. The zero-order valence-corrected chi connectivity index (χ0v) is 18.9. The summed E-state index contributed by atoms with van der Waals surface area (Å²) in [6.45, 7) is 3.24. The Balaban J connectivity index is 1.43. The maximum absolute atomic E-state index is 13.2. The van der Waals surface area contributed by atoms with Gasteiger partial charge >= 0.3 is 12.4 Å². The Morgan fingerprint density at radius 3 is 2.82 bits per heavy atom. The van der Waals surface area contributed by atoms with Crippen molar-refractivity contribution in [3.8, 4) is 5.75 Å². The summed E-state index contributed by atoms with van der Waals surface area (Å²) < 4.78 is 41.8. The van der Waals surface area contributed by atoms with Crippen molar-refractivity contribution in [3.05, 3.63) is 41.6 Å². The van der Waals surface area contributed by atoms with Gasteiger partial charge in [0.1, 0.15) is 16.0 Å². The number of carbonyl (C=O) groups excluding carboxylic acids is 2. The summed E-state index contributed by atoms with van der Waals surface area (Å²) >= 11 is 1.30. The van der Waals surface area contributed by atoms with E-state index in [9.17, 15) is 22.8 Å². The van der Waals surface area contributed by atoms with Gasteiger partial charge in [-0.15, -0.1) is 13.2 Å². The standard InChI is InChI=1S/C22H22F3N5O3S/c1-11-9-13(33-22(23,24)25)4-5-14(11)30-15-6-8-27-20-16(15)17(29-21(30)32)18(34-20)19(31)28-12-3-2-7-26-10-12/h4-6,8-9,12,17-18,26H,2-3,7,10H2,1H3,(H,28,31)(H,29,32)/t12?,17?,18-/m1/s1. The van der Waals surface area contributed by atoms with E-state index in [-0.39, 0.29) is 17.7 Å². The molecule has 1 fully saturated rings. The second kappa shape index (κ2) is 8.66. The molecule has 2 aromatic rings. The van der Waals surface area contributed by atoms with E-state index < -0.39 is 23.7 Å². The highest BCUT2D eigenvalue weighted by Crippen LogP contribution is 2.51. The number of aryl methyl sites for hydroxylation is 1. The molecule has 0 saturated carbocycles. The number of nitrogens with one attached hydrogen (secondary N) is 3. The second-order valence-electron chi connectivity index (χ2n) is 8.40. The van der Waals surface area contributed by atoms with Gasteiger partial charge in [-0.2, -0.15) is 0 Å². The summed E-state index contributed by atoms with van der Waals surface area (Å²) in [6.07, 6.45) is -1.37. The summed E-state index contributed by atoms with van der Waals surface area (Å²) in [5.41, 5.74) is 2.10. The smallest absolute Gasteiger partial charge is 0.406 e. The monoisotopic (exact) mass is 493 g/mol. The number of rotatable bonds is 4. The highest BCUT2D eigenvalue weighted by molar-refractivity contribution is 8.01. The number of hydrogen-bond donors (Lipinski definition) is 3. The lowest BCUT2D eigenvalue weighted by Gasteiger charge is -2.35. The van der Waals surface area contributed by atoms with Gasteiger partial charge in [-0.3, -0.25) is 9.69 Å². The maximum Gasteiger partial charge on any atom is 0.573 e. The van der Waals surface area contributed by atoms with Crippen LogP contribution in [0.5, 0.6) is 5.75 Å². The number of nitrogens with zero attached hydrogens (tertiary/aromatic N) is 2. The normalized spacial score (nSPS) is 23.8. The molecule has 0 aliphatic carbocycles. The van der Waals surface area contributed by atoms with Crippen LogP contribution in [0.25, 0.3) is 0 Å². The molecule has 5 rings (SSSR count). The fourth-order valence-corrected chi connectivity index (χ4v) is 5.83. The number of alkyl halides is 3. The molecule has 1 aromatic heterocycles. The Bertz CT molecular complexity index is 1140. The van der Waals surface area contributed by atoms with Crippen molar-refractivity contribution in [1.82, 2.24) is 20.9 Å². The highest BCUT2D eigenvalue weighted by atomic mass is 32.2. The second-order valence-corrected chi connectivity index (χ2v) is 9.53. The van der Waals surface area contributed by atoms with E-state index in [1.165, 1.54) is 34.9 Å². The predicted molar refractivity (Wildman–Crippen MR) is 119 cm³/mol. The number of urea groups is 1. The molecule has 0 spiro atoms. The molecule has 8 nitrogen and oxygen atoms in total. The van der Waals surface area contributed by atoms with Crippen LogP contribution in [0.4, 0.5) is 29.3 Å². The number of amides is 3. The summed E-state index contributed by atoms with van der Waals surface area (Å²) in [4.78, 5) is 32.1. The zero-order chi connectivity index (χ0) is 24.0. The SMILES string of the molecule is Cc1cc(OC(F)(F)F)ccc1N1C(=O)NC2c3c1ccnc3S[C@H]2C(=O)NC1CCCNC1. The molecule has 3 atom stereocenters. The summed E-state index contributed by atoms with van der Waals surface area (Å²) in [7, 11) is 0. The summed E-state index contributed by atoms with van der Waals surface area (Å²) in [6, 6.07) is 4.49. The van der Waals surface area contributed by atoms with E-state index in [0.29, 0.717) is 28.5 Å². The number of halogens is 3.